The second-order valence-corrected chi connectivity index (χ2v) is 7.35. The third-order valence-corrected chi connectivity index (χ3v) is 5.41. The maximum atomic E-state index is 2.21. The summed E-state index contributed by atoms with van der Waals surface area (Å²) in [5.74, 6) is 0. The Balaban J connectivity index is 0.000000529. The molecule has 0 atom stereocenters. The molecule has 4 aromatic carbocycles. The van der Waals surface area contributed by atoms with E-state index in [-0.39, 0.29) is 51.0 Å². The van der Waals surface area contributed by atoms with Crippen molar-refractivity contribution < 1.29 is 51.0 Å². The van der Waals surface area contributed by atoms with Crippen LogP contribution in [0.3, 0.4) is 0 Å². The van der Waals surface area contributed by atoms with Crippen LogP contribution in [0.15, 0.2) is 84.9 Å². The van der Waals surface area contributed by atoms with Crippen molar-refractivity contribution in [2.75, 3.05) is 0 Å². The van der Waals surface area contributed by atoms with Gasteiger partial charge in [0.2, 0.25) is 0 Å². The molecule has 4 aromatic rings. The average molecular weight is 529 g/mol. The van der Waals surface area contributed by atoms with Crippen molar-refractivity contribution in [2.24, 2.45) is 0 Å². The summed E-state index contributed by atoms with van der Waals surface area (Å²) in [6.45, 7) is 8.68. The van der Waals surface area contributed by atoms with Gasteiger partial charge in [-0.2, -0.15) is 12.1 Å². The summed E-state index contributed by atoms with van der Waals surface area (Å²) in [6, 6.07) is 30.6. The topological polar surface area (TPSA) is 0 Å². The van der Waals surface area contributed by atoms with Crippen molar-refractivity contribution in [3.63, 3.8) is 0 Å². The molecule has 0 N–H and O–H groups in total. The van der Waals surface area contributed by atoms with E-state index < -0.39 is 0 Å². The van der Waals surface area contributed by atoms with E-state index in [0.29, 0.717) is 0 Å². The van der Waals surface area contributed by atoms with Gasteiger partial charge in [0.05, 0.1) is 0 Å². The fourth-order valence-electron chi connectivity index (χ4n) is 3.51. The molecule has 0 aliphatic rings. The number of hydrogen-bond acceptors (Lipinski definition) is 0. The summed E-state index contributed by atoms with van der Waals surface area (Å²) in [7, 11) is 0. The first-order chi connectivity index (χ1) is 13.6. The second-order valence-electron chi connectivity index (χ2n) is 7.35. The largest absolute Gasteiger partial charge is 4.00 e. The number of halogens is 2. The molecular formula is C28H30Cl2Zr. The van der Waals surface area contributed by atoms with Gasteiger partial charge >= 0.3 is 26.2 Å². The zero-order chi connectivity index (χ0) is 19.9. The standard InChI is InChI=1S/2C14H15.2ClH.Zr/c2*1-3-12-7-9-13(10-8-12)14-6-4-5-11(14)2;;;/h2*4-10H,3H2,1-2H3;2*1H;/q2*-1;;;+4/p-2. The molecule has 0 saturated carbocycles. The molecule has 0 nitrogen and oxygen atoms in total. The number of hydrogen-bond donors (Lipinski definition) is 0. The molecule has 160 valence electrons. The number of rotatable bonds is 4. The molecule has 4 rings (SSSR count). The molecule has 31 heavy (non-hydrogen) atoms. The van der Waals surface area contributed by atoms with Crippen molar-refractivity contribution in [1.82, 2.24) is 0 Å². The average Bonchev–Trinajstić information content (AvgIpc) is 3.37. The Kier molecular flexibility index (Phi) is 14.0. The van der Waals surface area contributed by atoms with Crippen LogP contribution < -0.4 is 24.8 Å². The first-order valence-corrected chi connectivity index (χ1v) is 10.3. The van der Waals surface area contributed by atoms with Crippen LogP contribution in [-0.2, 0) is 39.0 Å². The summed E-state index contributed by atoms with van der Waals surface area (Å²) in [5.41, 5.74) is 10.9. The van der Waals surface area contributed by atoms with Gasteiger partial charge in [-0.3, -0.25) is 0 Å². The van der Waals surface area contributed by atoms with Gasteiger partial charge < -0.3 is 24.8 Å². The minimum absolute atomic E-state index is 0. The normalized spacial score (nSPS) is 9.42. The van der Waals surface area contributed by atoms with Crippen molar-refractivity contribution in [3.8, 4) is 22.3 Å². The zero-order valence-corrected chi connectivity index (χ0v) is 22.7. The predicted molar refractivity (Wildman–Crippen MR) is 123 cm³/mol. The van der Waals surface area contributed by atoms with Crippen LogP contribution in [0.25, 0.3) is 22.3 Å². The Morgan fingerprint density at radius 3 is 1.10 bits per heavy atom. The van der Waals surface area contributed by atoms with Crippen molar-refractivity contribution in [1.29, 1.82) is 0 Å². The fraction of sp³-hybridized carbons (Fsp3) is 0.214. The summed E-state index contributed by atoms with van der Waals surface area (Å²) in [4.78, 5) is 0. The van der Waals surface area contributed by atoms with Gasteiger partial charge in [0.25, 0.3) is 0 Å². The van der Waals surface area contributed by atoms with E-state index >= 15 is 0 Å². The predicted octanol–water partition coefficient (Wildman–Crippen LogP) is 1.89. The minimum atomic E-state index is 0. The van der Waals surface area contributed by atoms with Crippen LogP contribution in [0.5, 0.6) is 0 Å². The summed E-state index contributed by atoms with van der Waals surface area (Å²) >= 11 is 0. The van der Waals surface area contributed by atoms with Crippen molar-refractivity contribution in [2.45, 2.75) is 40.5 Å². The first kappa shape index (κ1) is 29.6. The number of benzene rings is 2. The molecule has 0 radical (unpaired) electrons. The summed E-state index contributed by atoms with van der Waals surface area (Å²) < 4.78 is 0. The van der Waals surface area contributed by atoms with E-state index in [1.807, 2.05) is 0 Å². The van der Waals surface area contributed by atoms with Crippen LogP contribution in [-0.4, -0.2) is 0 Å². The SMILES string of the molecule is CCc1ccc(-[c-]2cccc2C)cc1.CCc1ccc(-[c-]2cccc2C)cc1.[Cl-].[Cl-].[Zr+4]. The van der Waals surface area contributed by atoms with Gasteiger partial charge in [0, 0.05) is 0 Å². The monoisotopic (exact) mass is 526 g/mol. The molecule has 0 unspecified atom stereocenters. The van der Waals surface area contributed by atoms with E-state index in [4.69, 9.17) is 0 Å². The third-order valence-electron chi connectivity index (χ3n) is 5.41. The molecule has 0 fully saturated rings. The molecule has 3 heteroatoms. The molecule has 0 saturated heterocycles. The fourth-order valence-corrected chi connectivity index (χ4v) is 3.51. The van der Waals surface area contributed by atoms with Crippen molar-refractivity contribution >= 4 is 0 Å². The quantitative estimate of drug-likeness (QED) is 0.355. The van der Waals surface area contributed by atoms with E-state index in [2.05, 4.69) is 113 Å². The molecule has 0 aromatic heterocycles. The minimum Gasteiger partial charge on any atom is -1.00 e. The molecule has 0 heterocycles. The van der Waals surface area contributed by atoms with Crippen LogP contribution in [0.4, 0.5) is 0 Å². The van der Waals surface area contributed by atoms with Crippen molar-refractivity contribution in [3.05, 3.63) is 107 Å². The van der Waals surface area contributed by atoms with E-state index in [9.17, 15) is 0 Å². The van der Waals surface area contributed by atoms with Gasteiger partial charge in [0.1, 0.15) is 0 Å². The van der Waals surface area contributed by atoms with Crippen LogP contribution in [0, 0.1) is 13.8 Å². The maximum absolute atomic E-state index is 2.21. The van der Waals surface area contributed by atoms with E-state index in [1.165, 1.54) is 44.5 Å². The Morgan fingerprint density at radius 2 is 0.871 bits per heavy atom. The third kappa shape index (κ3) is 7.91. The molecule has 0 spiro atoms. The maximum Gasteiger partial charge on any atom is 4.00 e. The Bertz CT molecular complexity index is 908. The van der Waals surface area contributed by atoms with Gasteiger partial charge in [-0.15, -0.1) is 70.8 Å². The Morgan fingerprint density at radius 1 is 0.548 bits per heavy atom. The van der Waals surface area contributed by atoms with Crippen LogP contribution in [0.1, 0.15) is 36.1 Å². The van der Waals surface area contributed by atoms with E-state index in [0.717, 1.165) is 12.8 Å². The summed E-state index contributed by atoms with van der Waals surface area (Å²) in [5, 5.41) is 0. The second kappa shape index (κ2) is 14.6. The summed E-state index contributed by atoms with van der Waals surface area (Å²) in [6.07, 6.45) is 2.22. The van der Waals surface area contributed by atoms with Crippen LogP contribution in [0.2, 0.25) is 0 Å². The molecule has 0 amide bonds. The zero-order valence-electron chi connectivity index (χ0n) is 18.8. The first-order valence-electron chi connectivity index (χ1n) is 10.3. The molecule has 0 bridgehead atoms. The smallest absolute Gasteiger partial charge is 1.00 e. The Hall–Kier alpha value is -1.40. The van der Waals surface area contributed by atoms with E-state index in [1.54, 1.807) is 0 Å². The van der Waals surface area contributed by atoms with Gasteiger partial charge in [-0.05, 0) is 12.8 Å². The van der Waals surface area contributed by atoms with Gasteiger partial charge in [-0.1, -0.05) is 74.2 Å². The molecule has 0 aliphatic carbocycles. The van der Waals surface area contributed by atoms with Gasteiger partial charge in [0.15, 0.2) is 0 Å². The van der Waals surface area contributed by atoms with Crippen LogP contribution >= 0.6 is 0 Å². The number of aryl methyl sites for hydroxylation is 4. The molecular weight excluding hydrogens is 498 g/mol. The Labute approximate surface area is 219 Å². The van der Waals surface area contributed by atoms with Gasteiger partial charge in [-0.25, -0.2) is 0 Å². The molecule has 0 aliphatic heterocycles.